The summed E-state index contributed by atoms with van der Waals surface area (Å²) >= 11 is 0. The van der Waals surface area contributed by atoms with E-state index < -0.39 is 97.8 Å². The predicted octanol–water partition coefficient (Wildman–Crippen LogP) is -3.40. The fourth-order valence-electron chi connectivity index (χ4n) is 6.08. The van der Waals surface area contributed by atoms with Crippen molar-refractivity contribution in [3.63, 3.8) is 0 Å². The van der Waals surface area contributed by atoms with Gasteiger partial charge in [0.15, 0.2) is 29.8 Å². The number of allylic oxidation sites excluding steroid dienone is 1. The number of phenols is 1. The molecule has 1 aromatic rings. The van der Waals surface area contributed by atoms with Gasteiger partial charge in [0.2, 0.25) is 5.78 Å². The van der Waals surface area contributed by atoms with Crippen LogP contribution in [-0.4, -0.2) is 165 Å². The first-order valence-corrected chi connectivity index (χ1v) is 15.7. The zero-order valence-electron chi connectivity index (χ0n) is 27.0. The Morgan fingerprint density at radius 1 is 0.796 bits per heavy atom. The third-order valence-electron chi connectivity index (χ3n) is 9.01. The van der Waals surface area contributed by atoms with Gasteiger partial charge in [-0.1, -0.05) is 6.07 Å². The molecule has 13 atom stereocenters. The van der Waals surface area contributed by atoms with Crippen molar-refractivity contribution >= 4 is 5.78 Å². The zero-order valence-corrected chi connectivity index (χ0v) is 27.0. The molecular weight excluding hydrogens is 656 g/mol. The Bertz CT molecular complexity index is 1300. The Morgan fingerprint density at radius 2 is 1.35 bits per heavy atom. The largest absolute Gasteiger partial charge is 0.504 e. The highest BCUT2D eigenvalue weighted by Gasteiger charge is 2.46. The molecule has 2 aliphatic heterocycles. The lowest BCUT2D eigenvalue weighted by molar-refractivity contribution is -0.309. The van der Waals surface area contributed by atoms with Crippen LogP contribution < -0.4 is 4.74 Å². The number of aliphatic hydroxyl groups is 9. The van der Waals surface area contributed by atoms with E-state index in [9.17, 15) is 55.9 Å². The van der Waals surface area contributed by atoms with Crippen molar-refractivity contribution in [2.45, 2.75) is 79.9 Å². The van der Waals surface area contributed by atoms with E-state index in [-0.39, 0.29) is 43.3 Å². The molecule has 4 rings (SSSR count). The van der Waals surface area contributed by atoms with Crippen LogP contribution >= 0.6 is 0 Å². The second-order valence-electron chi connectivity index (χ2n) is 12.4. The lowest BCUT2D eigenvalue weighted by Crippen LogP contribution is -2.59. The molecular formula is C32H46O17. The summed E-state index contributed by atoms with van der Waals surface area (Å²) in [6.45, 7) is -2.01. The van der Waals surface area contributed by atoms with E-state index in [0.29, 0.717) is 5.56 Å². The summed E-state index contributed by atoms with van der Waals surface area (Å²) in [7, 11) is 2.62. The topological polar surface area (TPSA) is 275 Å². The molecule has 1 unspecified atom stereocenters. The first-order valence-electron chi connectivity index (χ1n) is 15.7. The maximum Gasteiger partial charge on any atom is 0.219 e. The van der Waals surface area contributed by atoms with Crippen molar-refractivity contribution in [3.05, 3.63) is 47.7 Å². The number of hydrogen-bond acceptors (Lipinski definition) is 17. The number of aliphatic hydroxyl groups excluding tert-OH is 8. The average molecular weight is 703 g/mol. The number of hydrogen-bond donors (Lipinski definition) is 10. The number of phenolic OH excluding ortho intramolecular Hbond substituents is 1. The van der Waals surface area contributed by atoms with Crippen molar-refractivity contribution in [1.29, 1.82) is 0 Å². The molecule has 2 saturated heterocycles. The second kappa shape index (κ2) is 17.0. The van der Waals surface area contributed by atoms with Gasteiger partial charge in [-0.25, -0.2) is 0 Å². The van der Waals surface area contributed by atoms with E-state index in [4.69, 9.17) is 28.4 Å². The van der Waals surface area contributed by atoms with Crippen LogP contribution in [0.2, 0.25) is 0 Å². The standard InChI is InChI=1S/C32H46O17/c1-44-20-8-15(3-4-18(20)35)7-16(13-46-30-28(41)26(39)24(37)22(11-33)48-30)17(9-32(43)6-5-19(36)21(10-32)45-2)14-47-31-29(42)27(40)25(38)23(12-34)49-31/h3-6,8,10,16-17,22-31,33-35,37-43H,7,9,11-14H2,1-2H3/t16-,17-,22-,23-,24-,25-,26+,27+,28+,29+,30-,31+,32?/m1/s1. The molecule has 0 bridgehead atoms. The normalized spacial score (nSPS) is 36.2. The fourth-order valence-corrected chi connectivity index (χ4v) is 6.08. The van der Waals surface area contributed by atoms with Crippen molar-refractivity contribution in [3.8, 4) is 11.5 Å². The molecule has 17 heteroatoms. The molecule has 2 fully saturated rings. The monoisotopic (exact) mass is 702 g/mol. The quantitative estimate of drug-likeness (QED) is 0.0853. The van der Waals surface area contributed by atoms with Crippen LogP contribution in [0.5, 0.6) is 11.5 Å². The van der Waals surface area contributed by atoms with Crippen LogP contribution in [0.25, 0.3) is 0 Å². The Kier molecular flexibility index (Phi) is 13.5. The number of aromatic hydroxyl groups is 1. The Hall–Kier alpha value is -2.75. The first kappa shape index (κ1) is 39.0. The minimum Gasteiger partial charge on any atom is -0.504 e. The molecule has 0 saturated carbocycles. The predicted molar refractivity (Wildman–Crippen MR) is 164 cm³/mol. The Balaban J connectivity index is 1.68. The van der Waals surface area contributed by atoms with Crippen LogP contribution in [-0.2, 0) is 34.9 Å². The van der Waals surface area contributed by atoms with Gasteiger partial charge < -0.3 is 79.5 Å². The molecule has 10 N–H and O–H groups in total. The third-order valence-corrected chi connectivity index (χ3v) is 9.01. The average Bonchev–Trinajstić information content (AvgIpc) is 3.09. The highest BCUT2D eigenvalue weighted by atomic mass is 16.7. The lowest BCUT2D eigenvalue weighted by Gasteiger charge is -2.42. The molecule has 2 heterocycles. The Labute approximate surface area is 281 Å². The summed E-state index contributed by atoms with van der Waals surface area (Å²) < 4.78 is 33.3. The molecule has 3 aliphatic rings. The van der Waals surface area contributed by atoms with Gasteiger partial charge in [-0.2, -0.15) is 0 Å². The third kappa shape index (κ3) is 9.14. The lowest BCUT2D eigenvalue weighted by atomic mass is 9.78. The molecule has 17 nitrogen and oxygen atoms in total. The van der Waals surface area contributed by atoms with Gasteiger partial charge >= 0.3 is 0 Å². The summed E-state index contributed by atoms with van der Waals surface area (Å²) in [6, 6.07) is 4.56. The van der Waals surface area contributed by atoms with Gasteiger partial charge in [0, 0.05) is 0 Å². The number of ketones is 1. The van der Waals surface area contributed by atoms with E-state index >= 15 is 0 Å². The van der Waals surface area contributed by atoms with Gasteiger partial charge in [-0.05, 0) is 60.6 Å². The minimum atomic E-state index is -1.79. The molecule has 0 radical (unpaired) electrons. The van der Waals surface area contributed by atoms with Crippen LogP contribution in [0.3, 0.4) is 0 Å². The number of carbonyl (C=O) groups is 1. The summed E-state index contributed by atoms with van der Waals surface area (Å²) in [6.07, 6.45) is -12.2. The maximum absolute atomic E-state index is 12.3. The van der Waals surface area contributed by atoms with E-state index in [1.807, 2.05) is 0 Å². The smallest absolute Gasteiger partial charge is 0.219 e. The van der Waals surface area contributed by atoms with Crippen molar-refractivity contribution in [2.24, 2.45) is 11.8 Å². The highest BCUT2D eigenvalue weighted by Crippen LogP contribution is 2.35. The van der Waals surface area contributed by atoms with E-state index in [1.54, 1.807) is 12.1 Å². The number of ether oxygens (including phenoxy) is 6. The number of rotatable bonds is 15. The summed E-state index contributed by atoms with van der Waals surface area (Å²) in [5.41, 5.74) is -1.19. The van der Waals surface area contributed by atoms with Crippen LogP contribution in [0.1, 0.15) is 12.0 Å². The minimum absolute atomic E-state index is 0.121. The van der Waals surface area contributed by atoms with E-state index in [2.05, 4.69) is 0 Å². The molecule has 0 spiro atoms. The maximum atomic E-state index is 12.3. The first-order chi connectivity index (χ1) is 23.2. The van der Waals surface area contributed by atoms with Gasteiger partial charge in [0.1, 0.15) is 54.4 Å². The summed E-state index contributed by atoms with van der Waals surface area (Å²) in [4.78, 5) is 12.3. The SMILES string of the molecule is COC1=CC(O)(C[C@H](CO[C@H]2O[C@H](CO)[C@@H](O)[C@H](O)[C@@H]2O)[C@@H](CO[C@@H]2O[C@H](CO)[C@@H](O)[C@H](O)[C@@H]2O)Cc2ccc(O)c(OC)c2)C=CC1=O. The molecule has 0 aromatic heterocycles. The number of methoxy groups -OCH3 is 2. The number of carbonyl (C=O) groups excluding carboxylic acids is 1. The molecule has 49 heavy (non-hydrogen) atoms. The molecule has 1 aromatic carbocycles. The second-order valence-corrected chi connectivity index (χ2v) is 12.4. The summed E-state index contributed by atoms with van der Waals surface area (Å²) in [5.74, 6) is -2.13. The zero-order chi connectivity index (χ0) is 36.0. The van der Waals surface area contributed by atoms with Crippen molar-refractivity contribution in [1.82, 2.24) is 0 Å². The van der Waals surface area contributed by atoms with E-state index in [0.717, 1.165) is 6.08 Å². The van der Waals surface area contributed by atoms with Gasteiger partial charge in [0.25, 0.3) is 0 Å². The van der Waals surface area contributed by atoms with Crippen LogP contribution in [0.15, 0.2) is 42.2 Å². The van der Waals surface area contributed by atoms with Gasteiger partial charge in [0.05, 0.1) is 40.6 Å². The van der Waals surface area contributed by atoms with Gasteiger partial charge in [-0.15, -0.1) is 0 Å². The number of benzene rings is 1. The van der Waals surface area contributed by atoms with Crippen LogP contribution in [0.4, 0.5) is 0 Å². The Morgan fingerprint density at radius 3 is 1.86 bits per heavy atom. The van der Waals surface area contributed by atoms with Crippen LogP contribution in [0, 0.1) is 11.8 Å². The van der Waals surface area contributed by atoms with Crippen molar-refractivity contribution in [2.75, 3.05) is 40.6 Å². The molecule has 0 amide bonds. The van der Waals surface area contributed by atoms with E-state index in [1.165, 1.54) is 32.4 Å². The van der Waals surface area contributed by atoms with Crippen molar-refractivity contribution < 1.29 is 84.3 Å². The highest BCUT2D eigenvalue weighted by molar-refractivity contribution is 6.03. The van der Waals surface area contributed by atoms with Gasteiger partial charge in [-0.3, -0.25) is 4.79 Å². The molecule has 276 valence electrons. The molecule has 1 aliphatic carbocycles. The fraction of sp³-hybridized carbons (Fsp3) is 0.656. The summed E-state index contributed by atoms with van der Waals surface area (Å²) in [5, 5.41) is 103.